The Kier molecular flexibility index (Phi) is 5.00. The Bertz CT molecular complexity index is 432. The molecule has 0 radical (unpaired) electrons. The molecule has 98 valence electrons. The van der Waals surface area contributed by atoms with Crippen molar-refractivity contribution in [3.05, 3.63) is 18.4 Å². The standard InChI is InChI=1S/C10H16N2O3S.ClH/c11-8-3-1-4-9(7-8)12-16(13,14)10-5-2-6-15-10;/h2,5-6,8-9,12H,1,3-4,7,11H2;1H. The third kappa shape index (κ3) is 3.70. The average molecular weight is 281 g/mol. The summed E-state index contributed by atoms with van der Waals surface area (Å²) in [6.45, 7) is 0. The van der Waals surface area contributed by atoms with Gasteiger partial charge in [0, 0.05) is 12.1 Å². The minimum atomic E-state index is -3.51. The van der Waals surface area contributed by atoms with Crippen LogP contribution in [0.3, 0.4) is 0 Å². The third-order valence-corrected chi connectivity index (χ3v) is 4.20. The molecule has 1 aliphatic rings. The summed E-state index contributed by atoms with van der Waals surface area (Å²) >= 11 is 0. The fraction of sp³-hybridized carbons (Fsp3) is 0.600. The van der Waals surface area contributed by atoms with E-state index in [0.717, 1.165) is 19.3 Å². The molecule has 0 aliphatic heterocycles. The number of hydrogen-bond donors (Lipinski definition) is 2. The van der Waals surface area contributed by atoms with E-state index in [2.05, 4.69) is 4.72 Å². The van der Waals surface area contributed by atoms with Gasteiger partial charge in [-0.3, -0.25) is 0 Å². The highest BCUT2D eigenvalue weighted by molar-refractivity contribution is 7.89. The summed E-state index contributed by atoms with van der Waals surface area (Å²) in [5.41, 5.74) is 5.80. The van der Waals surface area contributed by atoms with Crippen LogP contribution >= 0.6 is 12.4 Å². The van der Waals surface area contributed by atoms with Gasteiger partial charge >= 0.3 is 0 Å². The quantitative estimate of drug-likeness (QED) is 0.873. The van der Waals surface area contributed by atoms with Gasteiger partial charge in [0.15, 0.2) is 0 Å². The normalized spacial score (nSPS) is 25.2. The molecule has 2 atom stereocenters. The second kappa shape index (κ2) is 5.86. The molecule has 1 aromatic heterocycles. The van der Waals surface area contributed by atoms with E-state index in [-0.39, 0.29) is 29.6 Å². The van der Waals surface area contributed by atoms with Crippen molar-refractivity contribution in [3.8, 4) is 0 Å². The van der Waals surface area contributed by atoms with Crippen LogP contribution in [-0.2, 0) is 10.0 Å². The van der Waals surface area contributed by atoms with E-state index in [1.807, 2.05) is 0 Å². The van der Waals surface area contributed by atoms with Gasteiger partial charge < -0.3 is 10.2 Å². The first kappa shape index (κ1) is 14.5. The van der Waals surface area contributed by atoms with Crippen LogP contribution in [-0.4, -0.2) is 20.5 Å². The Balaban J connectivity index is 0.00000144. The SMILES string of the molecule is Cl.NC1CCCC(NS(=O)(=O)c2ccco2)C1. The molecule has 1 heterocycles. The van der Waals surface area contributed by atoms with E-state index >= 15 is 0 Å². The summed E-state index contributed by atoms with van der Waals surface area (Å²) < 4.78 is 31.2. The summed E-state index contributed by atoms with van der Waals surface area (Å²) in [4.78, 5) is 0. The van der Waals surface area contributed by atoms with Gasteiger partial charge in [-0.2, -0.15) is 0 Å². The molecule has 1 saturated carbocycles. The molecule has 1 fully saturated rings. The number of sulfonamides is 1. The van der Waals surface area contributed by atoms with Crippen molar-refractivity contribution >= 4 is 22.4 Å². The Morgan fingerprint density at radius 1 is 1.41 bits per heavy atom. The van der Waals surface area contributed by atoms with E-state index in [1.54, 1.807) is 6.07 Å². The molecule has 17 heavy (non-hydrogen) atoms. The van der Waals surface area contributed by atoms with Crippen molar-refractivity contribution in [3.63, 3.8) is 0 Å². The van der Waals surface area contributed by atoms with Gasteiger partial charge in [-0.1, -0.05) is 6.42 Å². The van der Waals surface area contributed by atoms with E-state index in [1.165, 1.54) is 12.3 Å². The molecule has 2 unspecified atom stereocenters. The van der Waals surface area contributed by atoms with Crippen molar-refractivity contribution in [2.75, 3.05) is 0 Å². The van der Waals surface area contributed by atoms with Crippen molar-refractivity contribution in [2.45, 2.75) is 42.9 Å². The van der Waals surface area contributed by atoms with E-state index in [9.17, 15) is 8.42 Å². The summed E-state index contributed by atoms with van der Waals surface area (Å²) in [5.74, 6) is 0. The maximum Gasteiger partial charge on any atom is 0.274 e. The minimum absolute atomic E-state index is 0. The number of nitrogens with two attached hydrogens (primary N) is 1. The smallest absolute Gasteiger partial charge is 0.274 e. The fourth-order valence-electron chi connectivity index (χ4n) is 2.03. The molecule has 0 bridgehead atoms. The highest BCUT2D eigenvalue weighted by Crippen LogP contribution is 2.19. The first-order valence-electron chi connectivity index (χ1n) is 5.39. The number of halogens is 1. The molecule has 0 spiro atoms. The lowest BCUT2D eigenvalue weighted by Crippen LogP contribution is -2.42. The van der Waals surface area contributed by atoms with Crippen LogP contribution in [0.2, 0.25) is 0 Å². The van der Waals surface area contributed by atoms with E-state index in [4.69, 9.17) is 10.2 Å². The molecule has 7 heteroatoms. The molecule has 5 nitrogen and oxygen atoms in total. The Labute approximate surface area is 107 Å². The van der Waals surface area contributed by atoms with Crippen molar-refractivity contribution in [2.24, 2.45) is 5.73 Å². The summed E-state index contributed by atoms with van der Waals surface area (Å²) in [6, 6.07) is 3.02. The lowest BCUT2D eigenvalue weighted by molar-refractivity contribution is 0.365. The topological polar surface area (TPSA) is 85.3 Å². The van der Waals surface area contributed by atoms with Gasteiger partial charge in [0.1, 0.15) is 0 Å². The molecule has 1 aromatic rings. The fourth-order valence-corrected chi connectivity index (χ4v) is 3.24. The first-order chi connectivity index (χ1) is 7.58. The lowest BCUT2D eigenvalue weighted by atomic mass is 9.92. The van der Waals surface area contributed by atoms with Crippen molar-refractivity contribution in [1.29, 1.82) is 0 Å². The van der Waals surface area contributed by atoms with Crippen LogP contribution in [0.15, 0.2) is 27.9 Å². The summed E-state index contributed by atoms with van der Waals surface area (Å²) in [5, 5.41) is -0.0355. The molecule has 0 saturated heterocycles. The molecular weight excluding hydrogens is 264 g/mol. The summed E-state index contributed by atoms with van der Waals surface area (Å²) in [6.07, 6.45) is 4.82. The third-order valence-electron chi connectivity index (χ3n) is 2.80. The largest absolute Gasteiger partial charge is 0.452 e. The average Bonchev–Trinajstić information content (AvgIpc) is 2.69. The van der Waals surface area contributed by atoms with Gasteiger partial charge in [0.2, 0.25) is 5.09 Å². The number of hydrogen-bond acceptors (Lipinski definition) is 4. The van der Waals surface area contributed by atoms with Gasteiger partial charge in [-0.15, -0.1) is 12.4 Å². The monoisotopic (exact) mass is 280 g/mol. The molecule has 2 rings (SSSR count). The van der Waals surface area contributed by atoms with Gasteiger partial charge in [-0.05, 0) is 31.4 Å². The van der Waals surface area contributed by atoms with Crippen LogP contribution in [0.25, 0.3) is 0 Å². The second-order valence-electron chi connectivity index (χ2n) is 4.18. The molecule has 3 N–H and O–H groups in total. The highest BCUT2D eigenvalue weighted by atomic mass is 35.5. The Morgan fingerprint density at radius 2 is 2.18 bits per heavy atom. The molecule has 0 aromatic carbocycles. The predicted octanol–water partition coefficient (Wildman–Crippen LogP) is 1.25. The van der Waals surface area contributed by atoms with Crippen LogP contribution < -0.4 is 10.5 Å². The van der Waals surface area contributed by atoms with Crippen LogP contribution in [0, 0.1) is 0 Å². The van der Waals surface area contributed by atoms with E-state index < -0.39 is 10.0 Å². The molecule has 1 aliphatic carbocycles. The van der Waals surface area contributed by atoms with Crippen LogP contribution in [0.5, 0.6) is 0 Å². The van der Waals surface area contributed by atoms with Gasteiger partial charge in [-0.25, -0.2) is 13.1 Å². The summed E-state index contributed by atoms with van der Waals surface area (Å²) in [7, 11) is -3.51. The Hall–Kier alpha value is -0.560. The number of nitrogens with one attached hydrogen (secondary N) is 1. The predicted molar refractivity (Wildman–Crippen MR) is 66.5 cm³/mol. The van der Waals surface area contributed by atoms with Crippen molar-refractivity contribution < 1.29 is 12.8 Å². The second-order valence-corrected chi connectivity index (χ2v) is 5.82. The maximum atomic E-state index is 11.8. The number of furan rings is 1. The zero-order chi connectivity index (χ0) is 11.6. The highest BCUT2D eigenvalue weighted by Gasteiger charge is 2.26. The van der Waals surface area contributed by atoms with Gasteiger partial charge in [0.25, 0.3) is 10.0 Å². The first-order valence-corrected chi connectivity index (χ1v) is 6.87. The zero-order valence-corrected chi connectivity index (χ0v) is 11.0. The minimum Gasteiger partial charge on any atom is -0.452 e. The zero-order valence-electron chi connectivity index (χ0n) is 9.33. The number of rotatable bonds is 3. The Morgan fingerprint density at radius 3 is 2.76 bits per heavy atom. The van der Waals surface area contributed by atoms with Crippen molar-refractivity contribution in [1.82, 2.24) is 4.72 Å². The molecule has 0 amide bonds. The van der Waals surface area contributed by atoms with E-state index in [0.29, 0.717) is 6.42 Å². The lowest BCUT2D eigenvalue weighted by Gasteiger charge is -2.26. The molecular formula is C10H17ClN2O3S. The van der Waals surface area contributed by atoms with Gasteiger partial charge in [0.05, 0.1) is 6.26 Å². The maximum absolute atomic E-state index is 11.8. The van der Waals surface area contributed by atoms with Crippen LogP contribution in [0.4, 0.5) is 0 Å². The van der Waals surface area contributed by atoms with Crippen LogP contribution in [0.1, 0.15) is 25.7 Å².